The van der Waals surface area contributed by atoms with Gasteiger partial charge in [0.05, 0.1) is 13.7 Å². The van der Waals surface area contributed by atoms with E-state index in [1.54, 1.807) is 0 Å². The molecule has 5 nitrogen and oxygen atoms in total. The molecule has 1 aromatic heterocycles. The lowest BCUT2D eigenvalue weighted by Crippen LogP contribution is -2.41. The second-order valence-electron chi connectivity index (χ2n) is 3.46. The van der Waals surface area contributed by atoms with E-state index in [0.717, 1.165) is 6.20 Å². The van der Waals surface area contributed by atoms with Crippen molar-refractivity contribution in [2.45, 2.75) is 18.9 Å². The van der Waals surface area contributed by atoms with Crippen molar-refractivity contribution >= 4 is 18.4 Å². The van der Waals surface area contributed by atoms with E-state index in [1.165, 1.54) is 26.2 Å². The molecule has 0 bridgehead atoms. The van der Waals surface area contributed by atoms with Gasteiger partial charge in [0.15, 0.2) is 0 Å². The van der Waals surface area contributed by atoms with Crippen LogP contribution >= 0.6 is 12.4 Å². The molecule has 0 aliphatic carbocycles. The Morgan fingerprint density at radius 3 is 2.58 bits per heavy atom. The van der Waals surface area contributed by atoms with Crippen LogP contribution < -0.4 is 10.5 Å². The molecule has 19 heavy (non-hydrogen) atoms. The van der Waals surface area contributed by atoms with Crippen LogP contribution in [0.25, 0.3) is 0 Å². The maximum absolute atomic E-state index is 13.6. The number of carbonyl (C=O) groups is 1. The van der Waals surface area contributed by atoms with Crippen LogP contribution in [0.4, 0.5) is 8.78 Å². The highest BCUT2D eigenvalue weighted by Gasteiger charge is 2.47. The highest BCUT2D eigenvalue weighted by Crippen LogP contribution is 2.30. The average Bonchev–Trinajstić information content (AvgIpc) is 2.38. The lowest BCUT2D eigenvalue weighted by molar-refractivity contribution is -0.174. The van der Waals surface area contributed by atoms with Gasteiger partial charge < -0.3 is 15.2 Å². The molecule has 1 rings (SSSR count). The molecule has 0 radical (unpaired) electrons. The molecule has 0 amide bonds. The van der Waals surface area contributed by atoms with Gasteiger partial charge in [0.2, 0.25) is 5.88 Å². The quantitative estimate of drug-likeness (QED) is 0.837. The zero-order valence-corrected chi connectivity index (χ0v) is 11.2. The minimum absolute atomic E-state index is 0. The van der Waals surface area contributed by atoms with Gasteiger partial charge in [-0.1, -0.05) is 6.07 Å². The Labute approximate surface area is 115 Å². The number of esters is 1. The summed E-state index contributed by atoms with van der Waals surface area (Å²) in [7, 11) is 1.40. The highest BCUT2D eigenvalue weighted by atomic mass is 35.5. The molecule has 108 valence electrons. The Balaban J connectivity index is 0.00000324. The molecule has 0 aromatic carbocycles. The molecule has 1 atom stereocenters. The monoisotopic (exact) mass is 296 g/mol. The largest absolute Gasteiger partial charge is 0.481 e. The number of hydrogen-bond donors (Lipinski definition) is 1. The van der Waals surface area contributed by atoms with E-state index in [2.05, 4.69) is 9.72 Å². The first-order chi connectivity index (χ1) is 8.43. The number of methoxy groups -OCH3 is 1. The van der Waals surface area contributed by atoms with E-state index >= 15 is 0 Å². The summed E-state index contributed by atoms with van der Waals surface area (Å²) in [5, 5.41) is 0. The van der Waals surface area contributed by atoms with Crippen molar-refractivity contribution < 1.29 is 23.0 Å². The van der Waals surface area contributed by atoms with Gasteiger partial charge in [-0.05, 0) is 12.5 Å². The van der Waals surface area contributed by atoms with Crippen LogP contribution in [0.15, 0.2) is 18.3 Å². The molecule has 8 heteroatoms. The predicted molar refractivity (Wildman–Crippen MR) is 66.5 cm³/mol. The first-order valence-corrected chi connectivity index (χ1v) is 5.24. The van der Waals surface area contributed by atoms with Crippen LogP contribution in [0.2, 0.25) is 0 Å². The molecule has 0 fully saturated rings. The summed E-state index contributed by atoms with van der Waals surface area (Å²) < 4.78 is 36.3. The standard InChI is InChI=1S/C11H14F2N2O3.ClH/c1-3-18-10(16)11(12,13)9(14)7-4-5-8(17-2)15-6-7;/h4-6,9H,3,14H2,1-2H3;1H/t9-;/m0./s1. The smallest absolute Gasteiger partial charge is 0.379 e. The second kappa shape index (κ2) is 7.20. The van der Waals surface area contributed by atoms with E-state index in [-0.39, 0.29) is 30.5 Å². The number of nitrogens with zero attached hydrogens (tertiary/aromatic N) is 1. The zero-order valence-electron chi connectivity index (χ0n) is 10.4. The molecule has 0 unspecified atom stereocenters. The molecule has 1 aromatic rings. The van der Waals surface area contributed by atoms with Gasteiger partial charge in [0, 0.05) is 12.3 Å². The number of aromatic nitrogens is 1. The molecule has 0 saturated carbocycles. The number of pyridine rings is 1. The number of carbonyl (C=O) groups excluding carboxylic acids is 1. The number of ether oxygens (including phenoxy) is 2. The Bertz CT molecular complexity index is 415. The predicted octanol–water partition coefficient (Wildman–Crippen LogP) is 1.71. The van der Waals surface area contributed by atoms with E-state index in [0.29, 0.717) is 0 Å². The van der Waals surface area contributed by atoms with Crippen LogP contribution in [0.1, 0.15) is 18.5 Å². The molecular formula is C11H15ClF2N2O3. The number of rotatable bonds is 5. The normalized spacial score (nSPS) is 12.3. The number of alkyl halides is 2. The van der Waals surface area contributed by atoms with E-state index in [9.17, 15) is 13.6 Å². The lowest BCUT2D eigenvalue weighted by atomic mass is 10.0. The Morgan fingerprint density at radius 2 is 2.16 bits per heavy atom. The van der Waals surface area contributed by atoms with Crippen molar-refractivity contribution in [1.82, 2.24) is 4.98 Å². The van der Waals surface area contributed by atoms with Crippen molar-refractivity contribution in [3.05, 3.63) is 23.9 Å². The third kappa shape index (κ3) is 4.00. The summed E-state index contributed by atoms with van der Waals surface area (Å²) in [6, 6.07) is 0.898. The van der Waals surface area contributed by atoms with Crippen molar-refractivity contribution in [3.8, 4) is 5.88 Å². The fourth-order valence-electron chi connectivity index (χ4n) is 1.26. The van der Waals surface area contributed by atoms with Gasteiger partial charge in [-0.25, -0.2) is 9.78 Å². The summed E-state index contributed by atoms with van der Waals surface area (Å²) in [5.74, 6) is -5.18. The maximum atomic E-state index is 13.6. The maximum Gasteiger partial charge on any atom is 0.379 e. The topological polar surface area (TPSA) is 74.4 Å². The Morgan fingerprint density at radius 1 is 1.53 bits per heavy atom. The lowest BCUT2D eigenvalue weighted by Gasteiger charge is -2.21. The molecule has 0 spiro atoms. The van der Waals surface area contributed by atoms with Crippen LogP contribution in [0, 0.1) is 0 Å². The average molecular weight is 297 g/mol. The van der Waals surface area contributed by atoms with E-state index in [4.69, 9.17) is 10.5 Å². The number of halogens is 3. The van der Waals surface area contributed by atoms with Crippen molar-refractivity contribution in [2.75, 3.05) is 13.7 Å². The van der Waals surface area contributed by atoms with Gasteiger partial charge >= 0.3 is 11.9 Å². The molecular weight excluding hydrogens is 282 g/mol. The van der Waals surface area contributed by atoms with Crippen LogP contribution in [0.5, 0.6) is 5.88 Å². The Kier molecular flexibility index (Phi) is 6.64. The first-order valence-electron chi connectivity index (χ1n) is 5.24. The zero-order chi connectivity index (χ0) is 13.8. The summed E-state index contributed by atoms with van der Waals surface area (Å²) in [6.07, 6.45) is 1.14. The third-order valence-electron chi connectivity index (χ3n) is 2.27. The van der Waals surface area contributed by atoms with Crippen molar-refractivity contribution in [2.24, 2.45) is 5.73 Å². The molecule has 1 heterocycles. The fourth-order valence-corrected chi connectivity index (χ4v) is 1.26. The SMILES string of the molecule is CCOC(=O)C(F)(F)[C@@H](N)c1ccc(OC)nc1.Cl. The minimum atomic E-state index is -3.80. The Hall–Kier alpha value is -1.47. The van der Waals surface area contributed by atoms with Crippen molar-refractivity contribution in [1.29, 1.82) is 0 Å². The van der Waals surface area contributed by atoms with Gasteiger partial charge in [-0.2, -0.15) is 8.78 Å². The molecule has 0 saturated heterocycles. The van der Waals surface area contributed by atoms with Crippen LogP contribution in [-0.4, -0.2) is 30.6 Å². The molecule has 0 aliphatic heterocycles. The van der Waals surface area contributed by atoms with E-state index in [1.807, 2.05) is 0 Å². The van der Waals surface area contributed by atoms with Gasteiger partial charge in [-0.3, -0.25) is 0 Å². The highest BCUT2D eigenvalue weighted by molar-refractivity contribution is 5.85. The minimum Gasteiger partial charge on any atom is -0.481 e. The van der Waals surface area contributed by atoms with E-state index < -0.39 is 17.9 Å². The first kappa shape index (κ1) is 17.5. The number of hydrogen-bond acceptors (Lipinski definition) is 5. The summed E-state index contributed by atoms with van der Waals surface area (Å²) in [6.45, 7) is 1.30. The fraction of sp³-hybridized carbons (Fsp3) is 0.455. The van der Waals surface area contributed by atoms with Gasteiger partial charge in [0.25, 0.3) is 0 Å². The second-order valence-corrected chi connectivity index (χ2v) is 3.46. The third-order valence-corrected chi connectivity index (χ3v) is 2.27. The van der Waals surface area contributed by atoms with Crippen molar-refractivity contribution in [3.63, 3.8) is 0 Å². The summed E-state index contributed by atoms with van der Waals surface area (Å²) in [5.41, 5.74) is 5.39. The molecule has 2 N–H and O–H groups in total. The van der Waals surface area contributed by atoms with Gasteiger partial charge in [-0.15, -0.1) is 12.4 Å². The summed E-state index contributed by atoms with van der Waals surface area (Å²) >= 11 is 0. The van der Waals surface area contributed by atoms with Crippen LogP contribution in [-0.2, 0) is 9.53 Å². The van der Waals surface area contributed by atoms with Crippen LogP contribution in [0.3, 0.4) is 0 Å². The molecule has 0 aliphatic rings. The van der Waals surface area contributed by atoms with Gasteiger partial charge in [0.1, 0.15) is 6.04 Å². The number of nitrogens with two attached hydrogens (primary N) is 1. The summed E-state index contributed by atoms with van der Waals surface area (Å²) in [4.78, 5) is 14.9.